The minimum Gasteiger partial charge on any atom is -0.491 e. The summed E-state index contributed by atoms with van der Waals surface area (Å²) in [6, 6.07) is 8.43. The van der Waals surface area contributed by atoms with Crippen LogP contribution in [0.5, 0.6) is 5.75 Å². The Bertz CT molecular complexity index is 387. The molecule has 0 aromatic heterocycles. The molecule has 114 valence electrons. The first kappa shape index (κ1) is 17.0. The molecule has 1 N–H and O–H groups in total. The zero-order valence-corrected chi connectivity index (χ0v) is 13.9. The second-order valence-corrected chi connectivity index (χ2v) is 6.52. The normalized spacial score (nSPS) is 14.6. The second kappa shape index (κ2) is 8.31. The monoisotopic (exact) mass is 277 g/mol. The molecule has 2 nitrogen and oxygen atoms in total. The molecule has 0 saturated heterocycles. The van der Waals surface area contributed by atoms with Crippen molar-refractivity contribution in [2.24, 2.45) is 11.8 Å². The highest BCUT2D eigenvalue weighted by molar-refractivity contribution is 5.36. The Labute approximate surface area is 124 Å². The third kappa shape index (κ3) is 5.54. The predicted octanol–water partition coefficient (Wildman–Crippen LogP) is 4.46. The van der Waals surface area contributed by atoms with E-state index in [2.05, 4.69) is 71.1 Å². The fraction of sp³-hybridized carbons (Fsp3) is 0.667. The molecule has 0 spiro atoms. The standard InChI is InChI=1S/C18H31NO/c1-13(2)11-19-12-15(5)16(6)17-9-7-8-10-18(17)20-14(3)4/h7-10,13-16,19H,11-12H2,1-6H3. The Morgan fingerprint density at radius 1 is 0.950 bits per heavy atom. The number of benzene rings is 1. The lowest BCUT2D eigenvalue weighted by Gasteiger charge is -2.24. The number of rotatable bonds is 8. The fourth-order valence-electron chi connectivity index (χ4n) is 2.30. The molecule has 0 amide bonds. The number of ether oxygens (including phenoxy) is 1. The minimum absolute atomic E-state index is 0.220. The van der Waals surface area contributed by atoms with E-state index in [-0.39, 0.29) is 6.10 Å². The first-order valence-corrected chi connectivity index (χ1v) is 7.88. The highest BCUT2D eigenvalue weighted by Crippen LogP contribution is 2.31. The molecule has 0 heterocycles. The maximum atomic E-state index is 5.94. The van der Waals surface area contributed by atoms with Crippen LogP contribution in [0, 0.1) is 11.8 Å². The van der Waals surface area contributed by atoms with E-state index in [1.165, 1.54) is 5.56 Å². The molecule has 0 fully saturated rings. The summed E-state index contributed by atoms with van der Waals surface area (Å²) in [5.74, 6) is 2.81. The van der Waals surface area contributed by atoms with Crippen molar-refractivity contribution in [1.29, 1.82) is 0 Å². The van der Waals surface area contributed by atoms with Crippen molar-refractivity contribution in [2.75, 3.05) is 13.1 Å². The maximum Gasteiger partial charge on any atom is 0.123 e. The fourth-order valence-corrected chi connectivity index (χ4v) is 2.30. The van der Waals surface area contributed by atoms with Gasteiger partial charge in [0.15, 0.2) is 0 Å². The molecule has 0 saturated carbocycles. The number of para-hydroxylation sites is 1. The van der Waals surface area contributed by atoms with Gasteiger partial charge in [0.2, 0.25) is 0 Å². The highest BCUT2D eigenvalue weighted by Gasteiger charge is 2.18. The van der Waals surface area contributed by atoms with Gasteiger partial charge in [-0.3, -0.25) is 0 Å². The SMILES string of the molecule is CC(C)CNCC(C)C(C)c1ccccc1OC(C)C. The number of hydrogen-bond donors (Lipinski definition) is 1. The van der Waals surface area contributed by atoms with Gasteiger partial charge in [0.25, 0.3) is 0 Å². The molecule has 0 aliphatic heterocycles. The Hall–Kier alpha value is -1.02. The first-order valence-electron chi connectivity index (χ1n) is 7.88. The zero-order chi connectivity index (χ0) is 15.1. The van der Waals surface area contributed by atoms with Gasteiger partial charge >= 0.3 is 0 Å². The van der Waals surface area contributed by atoms with Crippen LogP contribution in [0.3, 0.4) is 0 Å². The van der Waals surface area contributed by atoms with Gasteiger partial charge < -0.3 is 10.1 Å². The molecule has 0 aliphatic carbocycles. The summed E-state index contributed by atoms with van der Waals surface area (Å²) in [4.78, 5) is 0. The number of hydrogen-bond acceptors (Lipinski definition) is 2. The molecule has 0 bridgehead atoms. The predicted molar refractivity (Wildman–Crippen MR) is 87.5 cm³/mol. The lowest BCUT2D eigenvalue weighted by Crippen LogP contribution is -2.27. The van der Waals surface area contributed by atoms with E-state index in [0.29, 0.717) is 17.8 Å². The molecule has 0 aliphatic rings. The molecule has 1 aromatic carbocycles. The van der Waals surface area contributed by atoms with Gasteiger partial charge in [-0.2, -0.15) is 0 Å². The van der Waals surface area contributed by atoms with Gasteiger partial charge in [-0.15, -0.1) is 0 Å². The maximum absolute atomic E-state index is 5.94. The lowest BCUT2D eigenvalue weighted by molar-refractivity contribution is 0.237. The summed E-state index contributed by atoms with van der Waals surface area (Å²) in [5.41, 5.74) is 1.32. The second-order valence-electron chi connectivity index (χ2n) is 6.52. The summed E-state index contributed by atoms with van der Waals surface area (Å²) >= 11 is 0. The minimum atomic E-state index is 0.220. The van der Waals surface area contributed by atoms with Crippen LogP contribution in [-0.4, -0.2) is 19.2 Å². The summed E-state index contributed by atoms with van der Waals surface area (Å²) in [6.45, 7) is 15.4. The van der Waals surface area contributed by atoms with E-state index in [0.717, 1.165) is 18.8 Å². The molecular formula is C18H31NO. The molecular weight excluding hydrogens is 246 g/mol. The quantitative estimate of drug-likeness (QED) is 0.757. The van der Waals surface area contributed by atoms with Gasteiger partial charge in [-0.1, -0.05) is 45.9 Å². The Morgan fingerprint density at radius 3 is 2.20 bits per heavy atom. The van der Waals surface area contributed by atoms with Gasteiger partial charge in [-0.25, -0.2) is 0 Å². The Morgan fingerprint density at radius 2 is 1.60 bits per heavy atom. The third-order valence-electron chi connectivity index (χ3n) is 3.64. The van der Waals surface area contributed by atoms with E-state index in [4.69, 9.17) is 4.74 Å². The van der Waals surface area contributed by atoms with E-state index in [1.807, 2.05) is 0 Å². The molecule has 2 heteroatoms. The first-order chi connectivity index (χ1) is 9.41. The average molecular weight is 277 g/mol. The summed E-state index contributed by atoms with van der Waals surface area (Å²) < 4.78 is 5.94. The molecule has 1 aromatic rings. The van der Waals surface area contributed by atoms with E-state index < -0.39 is 0 Å². The van der Waals surface area contributed by atoms with Crippen LogP contribution in [0.4, 0.5) is 0 Å². The van der Waals surface area contributed by atoms with E-state index in [9.17, 15) is 0 Å². The molecule has 0 radical (unpaired) electrons. The molecule has 2 atom stereocenters. The van der Waals surface area contributed by atoms with Crippen molar-refractivity contribution in [3.05, 3.63) is 29.8 Å². The van der Waals surface area contributed by atoms with E-state index >= 15 is 0 Å². The van der Waals surface area contributed by atoms with Crippen molar-refractivity contribution < 1.29 is 4.74 Å². The van der Waals surface area contributed by atoms with Crippen LogP contribution in [-0.2, 0) is 0 Å². The van der Waals surface area contributed by atoms with E-state index in [1.54, 1.807) is 0 Å². The Kier molecular flexibility index (Phi) is 7.08. The van der Waals surface area contributed by atoms with Crippen molar-refractivity contribution in [1.82, 2.24) is 5.32 Å². The van der Waals surface area contributed by atoms with Crippen molar-refractivity contribution in [3.8, 4) is 5.75 Å². The van der Waals surface area contributed by atoms with Gasteiger partial charge in [0.05, 0.1) is 6.10 Å². The average Bonchev–Trinajstić information content (AvgIpc) is 2.37. The third-order valence-corrected chi connectivity index (χ3v) is 3.64. The van der Waals surface area contributed by atoms with Crippen LogP contribution < -0.4 is 10.1 Å². The van der Waals surface area contributed by atoms with Crippen molar-refractivity contribution in [3.63, 3.8) is 0 Å². The lowest BCUT2D eigenvalue weighted by atomic mass is 9.88. The van der Waals surface area contributed by atoms with Gasteiger partial charge in [-0.05, 0) is 56.3 Å². The van der Waals surface area contributed by atoms with Crippen molar-refractivity contribution in [2.45, 2.75) is 53.6 Å². The smallest absolute Gasteiger partial charge is 0.123 e. The summed E-state index contributed by atoms with van der Waals surface area (Å²) in [6.07, 6.45) is 0.220. The van der Waals surface area contributed by atoms with Crippen LogP contribution in [0.1, 0.15) is 53.0 Å². The molecule has 2 unspecified atom stereocenters. The molecule has 1 rings (SSSR count). The van der Waals surface area contributed by atoms with Gasteiger partial charge in [0, 0.05) is 0 Å². The zero-order valence-electron chi connectivity index (χ0n) is 13.9. The van der Waals surface area contributed by atoms with Crippen LogP contribution >= 0.6 is 0 Å². The molecule has 20 heavy (non-hydrogen) atoms. The van der Waals surface area contributed by atoms with Crippen LogP contribution in [0.15, 0.2) is 24.3 Å². The van der Waals surface area contributed by atoms with Crippen LogP contribution in [0.2, 0.25) is 0 Å². The summed E-state index contributed by atoms with van der Waals surface area (Å²) in [5, 5.41) is 3.55. The topological polar surface area (TPSA) is 21.3 Å². The van der Waals surface area contributed by atoms with Crippen molar-refractivity contribution >= 4 is 0 Å². The van der Waals surface area contributed by atoms with Gasteiger partial charge in [0.1, 0.15) is 5.75 Å². The largest absolute Gasteiger partial charge is 0.491 e. The summed E-state index contributed by atoms with van der Waals surface area (Å²) in [7, 11) is 0. The van der Waals surface area contributed by atoms with Crippen LogP contribution in [0.25, 0.3) is 0 Å². The number of nitrogens with one attached hydrogen (secondary N) is 1. The Balaban J connectivity index is 2.68. The highest BCUT2D eigenvalue weighted by atomic mass is 16.5.